The zero-order chi connectivity index (χ0) is 11.9. The quantitative estimate of drug-likeness (QED) is 0.228. The van der Waals surface area contributed by atoms with Gasteiger partial charge < -0.3 is 44.6 Å². The van der Waals surface area contributed by atoms with Gasteiger partial charge in [-0.15, -0.1) is 0 Å². The third-order valence-electron chi connectivity index (χ3n) is 3.24. The molecule has 3 aliphatic rings. The third kappa shape index (κ3) is 0.796. The van der Waals surface area contributed by atoms with Crippen LogP contribution in [0.5, 0.6) is 0 Å². The summed E-state index contributed by atoms with van der Waals surface area (Å²) in [5.41, 5.74) is 0. The fraction of sp³-hybridized carbons (Fsp3) is 1.00. The minimum absolute atomic E-state index is 1.64. The topological polar surface area (TPSA) is 149 Å². The van der Waals surface area contributed by atoms with E-state index < -0.39 is 43.0 Å². The van der Waals surface area contributed by atoms with Gasteiger partial charge in [-0.3, -0.25) is 0 Å². The Morgan fingerprint density at radius 3 is 1.62 bits per heavy atom. The number of aliphatic hydroxyl groups is 6. The van der Waals surface area contributed by atoms with E-state index in [4.69, 9.17) is 0 Å². The van der Waals surface area contributed by atoms with E-state index in [-0.39, 0.29) is 0 Å². The predicted octanol–water partition coefficient (Wildman–Crippen LogP) is -4.79. The molecule has 0 radical (unpaired) electrons. The summed E-state index contributed by atoms with van der Waals surface area (Å²) in [5.74, 6) is -8.42. The van der Waals surface area contributed by atoms with Crippen LogP contribution in [-0.4, -0.2) is 73.6 Å². The molecule has 0 amide bonds. The van der Waals surface area contributed by atoms with Crippen molar-refractivity contribution in [1.29, 1.82) is 0 Å². The Morgan fingerprint density at radius 1 is 0.812 bits per heavy atom. The van der Waals surface area contributed by atoms with Crippen LogP contribution in [0.1, 0.15) is 0 Å². The van der Waals surface area contributed by atoms with Gasteiger partial charge in [0.25, 0.3) is 5.79 Å². The highest BCUT2D eigenvalue weighted by Crippen LogP contribution is 2.56. The SMILES string of the molecule is OC1[C@@H](O)[C@@]2(O)OB3OC2(O)[C@](O)(O3)[C@@H]1O. The first kappa shape index (κ1) is 10.8. The van der Waals surface area contributed by atoms with Gasteiger partial charge in [-0.05, 0) is 0 Å². The van der Waals surface area contributed by atoms with Crippen molar-refractivity contribution in [3.8, 4) is 0 Å². The lowest BCUT2D eigenvalue weighted by molar-refractivity contribution is -0.468. The van der Waals surface area contributed by atoms with Gasteiger partial charge in [0, 0.05) is 0 Å². The first-order valence-corrected chi connectivity index (χ1v) is 4.51. The molecule has 6 N–H and O–H groups in total. The minimum Gasteiger partial charge on any atom is -0.387 e. The van der Waals surface area contributed by atoms with Gasteiger partial charge >= 0.3 is 7.32 Å². The van der Waals surface area contributed by atoms with E-state index in [1.165, 1.54) is 0 Å². The molecule has 16 heavy (non-hydrogen) atoms. The van der Waals surface area contributed by atoms with Gasteiger partial charge in [-0.25, -0.2) is 0 Å². The molecule has 9 nitrogen and oxygen atoms in total. The van der Waals surface area contributed by atoms with E-state index in [0.717, 1.165) is 0 Å². The highest BCUT2D eigenvalue weighted by molar-refractivity contribution is 6.38. The Balaban J connectivity index is 2.17. The number of fused-ring (bicyclic) bond motifs is 1. The van der Waals surface area contributed by atoms with Crippen LogP contribution in [-0.2, 0) is 14.0 Å². The lowest BCUT2D eigenvalue weighted by atomic mass is 9.76. The van der Waals surface area contributed by atoms with Crippen molar-refractivity contribution in [2.24, 2.45) is 0 Å². The number of rotatable bonds is 0. The molecule has 0 unspecified atom stereocenters. The smallest absolute Gasteiger partial charge is 0.387 e. The van der Waals surface area contributed by atoms with E-state index in [9.17, 15) is 30.6 Å². The Bertz CT molecular complexity index is 322. The van der Waals surface area contributed by atoms with E-state index in [1.807, 2.05) is 0 Å². The van der Waals surface area contributed by atoms with Crippen LogP contribution in [0.4, 0.5) is 0 Å². The second-order valence-electron chi connectivity index (χ2n) is 4.06. The standard InChI is InChI=1S/C6H9BO9/c8-1-2(9)4(11)6(13)5(12,3(1)10)15-7(14-4)16-6/h1-3,8-13H/t1?,2-,3-,4-,5-,6?/m1/s1. The number of hydrogen-bond donors (Lipinski definition) is 6. The van der Waals surface area contributed by atoms with Crippen molar-refractivity contribution in [1.82, 2.24) is 0 Å². The largest absolute Gasteiger partial charge is 0.646 e. The summed E-state index contributed by atoms with van der Waals surface area (Å²) >= 11 is 0. The van der Waals surface area contributed by atoms with Crippen LogP contribution in [0.25, 0.3) is 0 Å². The highest BCUT2D eigenvalue weighted by atomic mass is 16.9. The molecule has 2 heterocycles. The molecular formula is C6H9BO9. The van der Waals surface area contributed by atoms with Gasteiger partial charge in [0.2, 0.25) is 11.6 Å². The van der Waals surface area contributed by atoms with Crippen molar-refractivity contribution < 1.29 is 44.6 Å². The van der Waals surface area contributed by atoms with Gasteiger partial charge in [0.15, 0.2) is 0 Å². The van der Waals surface area contributed by atoms with E-state index in [1.54, 1.807) is 0 Å². The monoisotopic (exact) mass is 236 g/mol. The van der Waals surface area contributed by atoms with Crippen LogP contribution < -0.4 is 0 Å². The molecule has 1 aliphatic carbocycles. The molecule has 2 aliphatic heterocycles. The van der Waals surface area contributed by atoms with Crippen molar-refractivity contribution in [2.75, 3.05) is 0 Å². The Morgan fingerprint density at radius 2 is 1.25 bits per heavy atom. The third-order valence-corrected chi connectivity index (χ3v) is 3.24. The van der Waals surface area contributed by atoms with Gasteiger partial charge in [-0.2, -0.15) is 0 Å². The van der Waals surface area contributed by atoms with Crippen LogP contribution in [0, 0.1) is 0 Å². The lowest BCUT2D eigenvalue weighted by Gasteiger charge is -2.54. The molecular weight excluding hydrogens is 227 g/mol. The van der Waals surface area contributed by atoms with Crippen molar-refractivity contribution >= 4 is 7.32 Å². The average Bonchev–Trinajstić information content (AvgIpc) is 2.62. The average molecular weight is 236 g/mol. The fourth-order valence-corrected chi connectivity index (χ4v) is 2.27. The molecule has 2 bridgehead atoms. The van der Waals surface area contributed by atoms with Crippen molar-refractivity contribution in [3.05, 3.63) is 0 Å². The summed E-state index contributed by atoms with van der Waals surface area (Å²) in [6.07, 6.45) is -6.11. The molecule has 10 heteroatoms. The maximum Gasteiger partial charge on any atom is 0.646 e. The lowest BCUT2D eigenvalue weighted by Crippen LogP contribution is -2.83. The minimum atomic E-state index is -2.87. The number of aliphatic hydroxyl groups excluding tert-OH is 3. The first-order chi connectivity index (χ1) is 7.26. The zero-order valence-electron chi connectivity index (χ0n) is 7.72. The molecule has 0 aromatic carbocycles. The molecule has 0 aromatic heterocycles. The molecule has 4 atom stereocenters. The van der Waals surface area contributed by atoms with E-state index in [2.05, 4.69) is 14.0 Å². The van der Waals surface area contributed by atoms with Gasteiger partial charge in [0.05, 0.1) is 0 Å². The molecule has 3 rings (SSSR count). The zero-order valence-corrected chi connectivity index (χ0v) is 7.72. The summed E-state index contributed by atoms with van der Waals surface area (Å²) in [5, 5.41) is 58.0. The fourth-order valence-electron chi connectivity index (χ4n) is 2.27. The van der Waals surface area contributed by atoms with Crippen LogP contribution in [0.2, 0.25) is 0 Å². The molecule has 1 saturated carbocycles. The summed E-state index contributed by atoms with van der Waals surface area (Å²) < 4.78 is 13.8. The normalized spacial score (nSPS) is 64.1. The maximum absolute atomic E-state index is 9.90. The van der Waals surface area contributed by atoms with Crippen molar-refractivity contribution in [2.45, 2.75) is 35.7 Å². The van der Waals surface area contributed by atoms with Crippen LogP contribution in [0.3, 0.4) is 0 Å². The van der Waals surface area contributed by atoms with E-state index >= 15 is 0 Å². The van der Waals surface area contributed by atoms with Crippen LogP contribution >= 0.6 is 0 Å². The second-order valence-corrected chi connectivity index (χ2v) is 4.06. The van der Waals surface area contributed by atoms with Gasteiger partial charge in [0.1, 0.15) is 18.3 Å². The molecule has 0 spiro atoms. The summed E-state index contributed by atoms with van der Waals surface area (Å²) in [6, 6.07) is 0. The van der Waals surface area contributed by atoms with Gasteiger partial charge in [-0.1, -0.05) is 0 Å². The van der Waals surface area contributed by atoms with Crippen LogP contribution in [0.15, 0.2) is 0 Å². The Hall–Kier alpha value is -0.295. The second kappa shape index (κ2) is 2.58. The molecule has 3 fully saturated rings. The van der Waals surface area contributed by atoms with E-state index in [0.29, 0.717) is 0 Å². The predicted molar refractivity (Wildman–Crippen MR) is 41.9 cm³/mol. The molecule has 90 valence electrons. The first-order valence-electron chi connectivity index (χ1n) is 4.51. The highest BCUT2D eigenvalue weighted by Gasteiger charge is 2.87. The van der Waals surface area contributed by atoms with Crippen molar-refractivity contribution in [3.63, 3.8) is 0 Å². The summed E-state index contributed by atoms with van der Waals surface area (Å²) in [7, 11) is -1.64. The summed E-state index contributed by atoms with van der Waals surface area (Å²) in [6.45, 7) is 0. The Kier molecular flexibility index (Phi) is 1.75. The molecule has 0 aromatic rings. The summed E-state index contributed by atoms with van der Waals surface area (Å²) in [4.78, 5) is 0. The number of hydrogen-bond acceptors (Lipinski definition) is 9. The molecule has 2 saturated heterocycles. The maximum atomic E-state index is 9.90. The Labute approximate surface area is 88.6 Å².